The maximum atomic E-state index is 10.7. The van der Waals surface area contributed by atoms with Crippen molar-refractivity contribution >= 4 is 40.5 Å². The molecule has 0 saturated carbocycles. The SMILES string of the molecule is C[C@H](c1cccc2ccccc12)N1C=CN([C@H](C)c2cccc3ccccc23)[PH2+]1.O=S(=O)([O-])C(F)(F)F. The first-order valence-corrected chi connectivity index (χ1v) is 14.0. The summed E-state index contributed by atoms with van der Waals surface area (Å²) in [4.78, 5) is 0. The molecule has 0 bridgehead atoms. The first-order valence-electron chi connectivity index (χ1n) is 11.5. The lowest BCUT2D eigenvalue weighted by atomic mass is 10.00. The summed E-state index contributed by atoms with van der Waals surface area (Å²) in [5.41, 5.74) is -2.84. The number of fused-ring (bicyclic) bond motifs is 2. The first-order chi connectivity index (χ1) is 17.5. The number of halogens is 3. The van der Waals surface area contributed by atoms with E-state index in [1.165, 1.54) is 32.7 Å². The Hall–Kier alpha value is -3.13. The van der Waals surface area contributed by atoms with Gasteiger partial charge in [0.05, 0.1) is 24.5 Å². The van der Waals surface area contributed by atoms with E-state index >= 15 is 0 Å². The molecule has 5 rings (SSSR count). The third-order valence-corrected chi connectivity index (χ3v) is 8.74. The van der Waals surface area contributed by atoms with Crippen molar-refractivity contribution < 1.29 is 26.1 Å². The Kier molecular flexibility index (Phi) is 7.78. The van der Waals surface area contributed by atoms with Crippen molar-refractivity contribution in [3.05, 3.63) is 108 Å². The summed E-state index contributed by atoms with van der Waals surface area (Å²) in [7, 11) is -6.08. The molecule has 0 spiro atoms. The summed E-state index contributed by atoms with van der Waals surface area (Å²) < 4.78 is 63.9. The standard InChI is InChI=1S/C26H25N2P.CHF3O3S/c1-19(23-15-7-11-21-9-3-5-13-25(21)23)27-17-18-28(29-27)20(2)24-16-8-12-22-10-4-6-14-26(22)24;2-1(3,4)8(5,6)7/h3-20,29H,1-2H3;(H,5,6,7)/t19-,20-;/m1./s1. The third kappa shape index (κ3) is 5.90. The van der Waals surface area contributed by atoms with Gasteiger partial charge in [-0.1, -0.05) is 84.9 Å². The zero-order valence-corrected chi connectivity index (χ0v) is 22.1. The lowest BCUT2D eigenvalue weighted by molar-refractivity contribution is -0.0517. The van der Waals surface area contributed by atoms with E-state index in [4.69, 9.17) is 13.0 Å². The minimum Gasteiger partial charge on any atom is -0.741 e. The van der Waals surface area contributed by atoms with Gasteiger partial charge in [0.1, 0.15) is 0 Å². The topological polar surface area (TPSA) is 63.7 Å². The average Bonchev–Trinajstić information content (AvgIpc) is 3.37. The molecule has 5 nitrogen and oxygen atoms in total. The van der Waals surface area contributed by atoms with Gasteiger partial charge in [-0.15, -0.1) is 0 Å². The molecule has 0 radical (unpaired) electrons. The number of nitrogens with zero attached hydrogens (tertiary/aromatic N) is 2. The molecule has 4 aromatic rings. The number of alkyl halides is 3. The molecular formula is C27H26F3N2O3PS. The van der Waals surface area contributed by atoms with Crippen LogP contribution in [-0.4, -0.2) is 27.8 Å². The second-order valence-corrected chi connectivity index (χ2v) is 11.5. The van der Waals surface area contributed by atoms with E-state index in [0.717, 1.165) is 0 Å². The van der Waals surface area contributed by atoms with Gasteiger partial charge in [0, 0.05) is 0 Å². The van der Waals surface area contributed by atoms with Gasteiger partial charge >= 0.3 is 5.51 Å². The second-order valence-electron chi connectivity index (χ2n) is 8.70. The van der Waals surface area contributed by atoms with Crippen molar-refractivity contribution in [2.75, 3.05) is 0 Å². The molecule has 0 N–H and O–H groups in total. The predicted molar refractivity (Wildman–Crippen MR) is 143 cm³/mol. The van der Waals surface area contributed by atoms with Gasteiger partial charge in [-0.3, -0.25) is 0 Å². The summed E-state index contributed by atoms with van der Waals surface area (Å²) in [6.07, 6.45) is 4.56. The number of hydrogen-bond acceptors (Lipinski definition) is 5. The zero-order valence-electron chi connectivity index (χ0n) is 20.1. The molecule has 194 valence electrons. The smallest absolute Gasteiger partial charge is 0.485 e. The largest absolute Gasteiger partial charge is 0.741 e. The van der Waals surface area contributed by atoms with Crippen molar-refractivity contribution in [3.63, 3.8) is 0 Å². The van der Waals surface area contributed by atoms with E-state index in [9.17, 15) is 13.2 Å². The molecule has 0 amide bonds. The van der Waals surface area contributed by atoms with Crippen molar-refractivity contribution in [2.45, 2.75) is 31.4 Å². The second kappa shape index (κ2) is 10.7. The van der Waals surface area contributed by atoms with Gasteiger partial charge in [-0.25, -0.2) is 17.8 Å². The van der Waals surface area contributed by atoms with Gasteiger partial charge in [-0.2, -0.15) is 13.2 Å². The molecule has 1 heterocycles. The highest BCUT2D eigenvalue weighted by Crippen LogP contribution is 2.45. The zero-order chi connectivity index (χ0) is 26.8. The molecular weight excluding hydrogens is 520 g/mol. The molecule has 1 aliphatic rings. The fourth-order valence-electron chi connectivity index (χ4n) is 4.39. The van der Waals surface area contributed by atoms with E-state index < -0.39 is 15.6 Å². The number of benzene rings is 4. The number of hydrogen-bond donors (Lipinski definition) is 0. The van der Waals surface area contributed by atoms with Crippen LogP contribution >= 0.6 is 8.88 Å². The Morgan fingerprint density at radius 2 is 1.05 bits per heavy atom. The van der Waals surface area contributed by atoms with Gasteiger partial charge in [-0.05, 0) is 46.5 Å². The molecule has 4 aromatic carbocycles. The van der Waals surface area contributed by atoms with E-state index in [1.807, 2.05) is 0 Å². The summed E-state index contributed by atoms with van der Waals surface area (Å²) in [5, 5.41) is 5.35. The Morgan fingerprint density at radius 1 is 0.703 bits per heavy atom. The Balaban J connectivity index is 0.000000349. The van der Waals surface area contributed by atoms with Crippen LogP contribution in [0.15, 0.2) is 97.3 Å². The lowest BCUT2D eigenvalue weighted by Gasteiger charge is -2.25. The van der Waals surface area contributed by atoms with Crippen molar-refractivity contribution in [2.24, 2.45) is 0 Å². The summed E-state index contributed by atoms with van der Waals surface area (Å²) in [5.74, 6) is 0. The van der Waals surface area contributed by atoms with Crippen molar-refractivity contribution in [3.8, 4) is 0 Å². The molecule has 0 fully saturated rings. The highest BCUT2D eigenvalue weighted by Gasteiger charge is 2.37. The van der Waals surface area contributed by atoms with Crippen LogP contribution in [0.2, 0.25) is 0 Å². The Labute approximate surface area is 215 Å². The van der Waals surface area contributed by atoms with Crippen molar-refractivity contribution in [1.82, 2.24) is 9.34 Å². The molecule has 10 heteroatoms. The van der Waals surface area contributed by atoms with Crippen LogP contribution in [-0.2, 0) is 10.1 Å². The van der Waals surface area contributed by atoms with Gasteiger partial charge in [0.15, 0.2) is 19.0 Å². The Morgan fingerprint density at radius 3 is 1.43 bits per heavy atom. The average molecular weight is 547 g/mol. The van der Waals surface area contributed by atoms with Crippen LogP contribution in [0.25, 0.3) is 21.5 Å². The molecule has 37 heavy (non-hydrogen) atoms. The maximum Gasteiger partial charge on any atom is 0.485 e. The first kappa shape index (κ1) is 26.9. The van der Waals surface area contributed by atoms with Crippen LogP contribution in [0.4, 0.5) is 13.2 Å². The van der Waals surface area contributed by atoms with E-state index in [-0.39, 0.29) is 8.88 Å². The molecule has 0 saturated heterocycles. The van der Waals surface area contributed by atoms with Crippen LogP contribution in [0.1, 0.15) is 37.1 Å². The van der Waals surface area contributed by atoms with E-state index in [1.54, 1.807) is 0 Å². The maximum absolute atomic E-state index is 10.7. The quantitative estimate of drug-likeness (QED) is 0.154. The fraction of sp³-hybridized carbons (Fsp3) is 0.185. The normalized spacial score (nSPS) is 15.5. The van der Waals surface area contributed by atoms with Gasteiger partial charge in [0.2, 0.25) is 0 Å². The minimum absolute atomic E-state index is 0.00599. The van der Waals surface area contributed by atoms with E-state index in [0.29, 0.717) is 12.1 Å². The molecule has 0 aliphatic carbocycles. The van der Waals surface area contributed by atoms with Crippen LogP contribution in [0.5, 0.6) is 0 Å². The van der Waals surface area contributed by atoms with Crippen LogP contribution in [0, 0.1) is 0 Å². The van der Waals surface area contributed by atoms with Crippen LogP contribution < -0.4 is 0 Å². The van der Waals surface area contributed by atoms with Gasteiger partial charge in [0.25, 0.3) is 0 Å². The monoisotopic (exact) mass is 546 g/mol. The number of rotatable bonds is 4. The lowest BCUT2D eigenvalue weighted by Crippen LogP contribution is -2.21. The molecule has 1 aliphatic heterocycles. The molecule has 0 aromatic heterocycles. The fourth-order valence-corrected chi connectivity index (χ4v) is 5.73. The van der Waals surface area contributed by atoms with Crippen molar-refractivity contribution in [1.29, 1.82) is 0 Å². The highest BCUT2D eigenvalue weighted by molar-refractivity contribution is 7.86. The van der Waals surface area contributed by atoms with Gasteiger partial charge < -0.3 is 4.55 Å². The predicted octanol–water partition coefficient (Wildman–Crippen LogP) is 7.20. The summed E-state index contributed by atoms with van der Waals surface area (Å²) >= 11 is 0. The van der Waals surface area contributed by atoms with E-state index in [2.05, 4.69) is 121 Å². The van der Waals surface area contributed by atoms with Crippen LogP contribution in [0.3, 0.4) is 0 Å². The molecule has 0 unspecified atom stereocenters. The highest BCUT2D eigenvalue weighted by atomic mass is 32.2. The minimum atomic E-state index is -6.09. The summed E-state index contributed by atoms with van der Waals surface area (Å²) in [6.45, 7) is 4.65. The Bertz CT molecular complexity index is 1440. The molecule has 2 atom stereocenters. The summed E-state index contributed by atoms with van der Waals surface area (Å²) in [6, 6.07) is 31.4. The third-order valence-electron chi connectivity index (χ3n) is 6.40.